The van der Waals surface area contributed by atoms with E-state index in [1.54, 1.807) is 0 Å². The lowest BCUT2D eigenvalue weighted by Crippen LogP contribution is -1.90. The first-order valence-electron chi connectivity index (χ1n) is 5.96. The van der Waals surface area contributed by atoms with Crippen molar-refractivity contribution >= 4 is 0 Å². The Labute approximate surface area is 113 Å². The highest BCUT2D eigenvalue weighted by molar-refractivity contribution is 5.63. The lowest BCUT2D eigenvalue weighted by atomic mass is 9.96. The van der Waals surface area contributed by atoms with Gasteiger partial charge in [-0.25, -0.2) is 0 Å². The van der Waals surface area contributed by atoms with Gasteiger partial charge in [-0.3, -0.25) is 0 Å². The molecule has 0 spiro atoms. The van der Waals surface area contributed by atoms with Crippen LogP contribution in [-0.4, -0.2) is 0 Å². The molecule has 0 aliphatic rings. The van der Waals surface area contributed by atoms with Crippen molar-refractivity contribution < 1.29 is 0 Å². The minimum atomic E-state index is 0. The number of hydrogen-bond acceptors (Lipinski definition) is 0. The maximum absolute atomic E-state index is 2.28. The van der Waals surface area contributed by atoms with Crippen molar-refractivity contribution in [2.45, 2.75) is 41.0 Å². The molecule has 0 N–H and O–H groups in total. The van der Waals surface area contributed by atoms with E-state index in [1.807, 2.05) is 0 Å². The smallest absolute Gasteiger partial charge is 0.0184 e. The van der Waals surface area contributed by atoms with Crippen molar-refractivity contribution in [3.63, 3.8) is 0 Å². The second-order valence-corrected chi connectivity index (χ2v) is 4.30. The topological polar surface area (TPSA) is 0 Å². The maximum Gasteiger partial charge on any atom is -0.0184 e. The number of rotatable bonds is 3. The van der Waals surface area contributed by atoms with E-state index in [-0.39, 0.29) is 14.9 Å². The summed E-state index contributed by atoms with van der Waals surface area (Å²) in [5, 5.41) is 0. The molecule has 0 aliphatic carbocycles. The Morgan fingerprint density at radius 1 is 0.778 bits per heavy atom. The van der Waals surface area contributed by atoms with Crippen molar-refractivity contribution in [2.75, 3.05) is 0 Å². The van der Waals surface area contributed by atoms with E-state index in [1.165, 1.54) is 23.1 Å². The molecule has 0 saturated carbocycles. The zero-order valence-electron chi connectivity index (χ0n) is 9.98. The van der Waals surface area contributed by atoms with E-state index >= 15 is 0 Å². The Morgan fingerprint density at radius 3 is 1.78 bits per heavy atom. The van der Waals surface area contributed by atoms with Crippen LogP contribution in [-0.2, 0) is 0 Å². The summed E-state index contributed by atoms with van der Waals surface area (Å²) >= 11 is 0. The fourth-order valence-electron chi connectivity index (χ4n) is 1.87. The van der Waals surface area contributed by atoms with Crippen molar-refractivity contribution in [1.82, 2.24) is 0 Å². The lowest BCUT2D eigenvalue weighted by Gasteiger charge is -2.09. The largest absolute Gasteiger partial charge is 0.0776 e. The molecule has 0 heteroatoms. The van der Waals surface area contributed by atoms with Crippen molar-refractivity contribution in [2.24, 2.45) is 0 Å². The average Bonchev–Trinajstić information content (AvgIpc) is 2.39. The summed E-state index contributed by atoms with van der Waals surface area (Å²) in [6, 6.07) is 19.4. The van der Waals surface area contributed by atoms with Gasteiger partial charge in [0.15, 0.2) is 0 Å². The maximum atomic E-state index is 2.28. The molecule has 0 nitrogen and oxygen atoms in total. The van der Waals surface area contributed by atoms with Crippen LogP contribution < -0.4 is 0 Å². The first-order chi connectivity index (χ1) is 7.81. The summed E-state index contributed by atoms with van der Waals surface area (Å²) in [7, 11) is 0. The summed E-state index contributed by atoms with van der Waals surface area (Å²) in [4.78, 5) is 0. The molecule has 2 aromatic carbocycles. The Morgan fingerprint density at radius 2 is 1.28 bits per heavy atom. The van der Waals surface area contributed by atoms with Gasteiger partial charge in [-0.15, -0.1) is 0 Å². The van der Waals surface area contributed by atoms with Crippen molar-refractivity contribution in [3.8, 4) is 11.1 Å². The summed E-state index contributed by atoms with van der Waals surface area (Å²) in [5.74, 6) is 0.657. The second kappa shape index (κ2) is 7.71. The monoisotopic (exact) mass is 242 g/mol. The van der Waals surface area contributed by atoms with E-state index < -0.39 is 0 Å². The molecule has 2 aromatic rings. The molecular weight excluding hydrogens is 216 g/mol. The highest BCUT2D eigenvalue weighted by Crippen LogP contribution is 2.23. The van der Waals surface area contributed by atoms with Crippen LogP contribution in [0.1, 0.15) is 46.6 Å². The standard InChI is InChI=1S/C16H18.2CH4/c1-3-13(2)14-9-11-16(12-10-14)15-7-5-4-6-8-15;;/h4-13H,3H2,1-2H3;2*1H4. The van der Waals surface area contributed by atoms with Crippen LogP contribution in [0.5, 0.6) is 0 Å². The van der Waals surface area contributed by atoms with Gasteiger partial charge >= 0.3 is 0 Å². The molecule has 98 valence electrons. The Kier molecular flexibility index (Phi) is 7.04. The Balaban J connectivity index is 0.00000144. The van der Waals surface area contributed by atoms with Gasteiger partial charge in [0.05, 0.1) is 0 Å². The zero-order chi connectivity index (χ0) is 11.4. The quantitative estimate of drug-likeness (QED) is 0.606. The zero-order valence-corrected chi connectivity index (χ0v) is 9.98. The van der Waals surface area contributed by atoms with Crippen LogP contribution in [0.2, 0.25) is 0 Å². The van der Waals surface area contributed by atoms with Gasteiger partial charge in [-0.05, 0) is 29.0 Å². The normalized spacial score (nSPS) is 11.0. The Bertz CT molecular complexity index is 425. The predicted molar refractivity (Wildman–Crippen MR) is 84.0 cm³/mol. The summed E-state index contributed by atoms with van der Waals surface area (Å²) in [6.45, 7) is 4.51. The highest BCUT2D eigenvalue weighted by Gasteiger charge is 2.02. The van der Waals surface area contributed by atoms with Crippen molar-refractivity contribution in [1.29, 1.82) is 0 Å². The van der Waals surface area contributed by atoms with E-state index in [0.29, 0.717) is 5.92 Å². The molecule has 0 saturated heterocycles. The van der Waals surface area contributed by atoms with E-state index in [2.05, 4.69) is 68.4 Å². The van der Waals surface area contributed by atoms with Crippen LogP contribution in [0.25, 0.3) is 11.1 Å². The molecular formula is C18H26. The van der Waals surface area contributed by atoms with Gasteiger partial charge in [-0.2, -0.15) is 0 Å². The second-order valence-electron chi connectivity index (χ2n) is 4.30. The van der Waals surface area contributed by atoms with Gasteiger partial charge in [0.2, 0.25) is 0 Å². The van der Waals surface area contributed by atoms with Crippen LogP contribution in [0.15, 0.2) is 54.6 Å². The summed E-state index contributed by atoms with van der Waals surface area (Å²) in [6.07, 6.45) is 1.20. The molecule has 0 amide bonds. The van der Waals surface area contributed by atoms with E-state index in [9.17, 15) is 0 Å². The number of benzene rings is 2. The fraction of sp³-hybridized carbons (Fsp3) is 0.333. The molecule has 1 atom stereocenters. The van der Waals surface area contributed by atoms with Gasteiger partial charge in [0.1, 0.15) is 0 Å². The SMILES string of the molecule is C.C.CCC(C)c1ccc(-c2ccccc2)cc1. The summed E-state index contributed by atoms with van der Waals surface area (Å²) in [5.41, 5.74) is 4.02. The molecule has 18 heavy (non-hydrogen) atoms. The third kappa shape index (κ3) is 3.73. The first kappa shape index (κ1) is 16.4. The van der Waals surface area contributed by atoms with Gasteiger partial charge in [0.25, 0.3) is 0 Å². The minimum absolute atomic E-state index is 0. The molecule has 0 fully saturated rings. The average molecular weight is 242 g/mol. The third-order valence-corrected chi connectivity index (χ3v) is 3.20. The molecule has 0 aliphatic heterocycles. The number of hydrogen-bond donors (Lipinski definition) is 0. The van der Waals surface area contributed by atoms with Crippen LogP contribution in [0.4, 0.5) is 0 Å². The molecule has 1 unspecified atom stereocenters. The molecule has 0 heterocycles. The van der Waals surface area contributed by atoms with Crippen molar-refractivity contribution in [3.05, 3.63) is 60.2 Å². The predicted octanol–water partition coefficient (Wildman–Crippen LogP) is 6.14. The summed E-state index contributed by atoms with van der Waals surface area (Å²) < 4.78 is 0. The van der Waals surface area contributed by atoms with Crippen LogP contribution in [0.3, 0.4) is 0 Å². The third-order valence-electron chi connectivity index (χ3n) is 3.20. The van der Waals surface area contributed by atoms with Gasteiger partial charge in [0, 0.05) is 0 Å². The lowest BCUT2D eigenvalue weighted by molar-refractivity contribution is 0.734. The van der Waals surface area contributed by atoms with Gasteiger partial charge < -0.3 is 0 Å². The molecule has 2 rings (SSSR count). The first-order valence-corrected chi connectivity index (χ1v) is 5.96. The van der Waals surface area contributed by atoms with Gasteiger partial charge in [-0.1, -0.05) is 83.3 Å². The minimum Gasteiger partial charge on any atom is -0.0776 e. The highest BCUT2D eigenvalue weighted by atomic mass is 14.1. The van der Waals surface area contributed by atoms with E-state index in [0.717, 1.165) is 0 Å². The molecule has 0 aromatic heterocycles. The molecule has 0 radical (unpaired) electrons. The van der Waals surface area contributed by atoms with Crippen LogP contribution >= 0.6 is 0 Å². The van der Waals surface area contributed by atoms with Crippen LogP contribution in [0, 0.1) is 0 Å². The van der Waals surface area contributed by atoms with E-state index in [4.69, 9.17) is 0 Å². The fourth-order valence-corrected chi connectivity index (χ4v) is 1.87. The molecule has 0 bridgehead atoms. The Hall–Kier alpha value is -1.56.